The Bertz CT molecular complexity index is 1370. The Hall–Kier alpha value is -3.62. The largest absolute Gasteiger partial charge is 0.358 e. The number of nitrogens with one attached hydrogen (secondary N) is 1. The molecule has 4 aromatic rings. The van der Waals surface area contributed by atoms with Crippen molar-refractivity contribution >= 4 is 16.8 Å². The monoisotopic (exact) mass is 442 g/mol. The van der Waals surface area contributed by atoms with E-state index in [1.807, 2.05) is 6.92 Å². The lowest BCUT2D eigenvalue weighted by molar-refractivity contribution is 0.0675. The first-order valence-corrected chi connectivity index (χ1v) is 10.0. The number of carbonyl (C=O) groups excluding carboxylic acids is 1. The summed E-state index contributed by atoms with van der Waals surface area (Å²) in [6.07, 6.45) is 1.89. The number of carbonyl (C=O) groups is 1. The number of aromatic amines is 1. The molecule has 1 aliphatic heterocycles. The number of rotatable bonds is 2. The highest BCUT2D eigenvalue weighted by atomic mass is 19.2. The van der Waals surface area contributed by atoms with Crippen molar-refractivity contribution in [3.8, 4) is 11.3 Å². The molecule has 0 saturated heterocycles. The van der Waals surface area contributed by atoms with Crippen LogP contribution in [-0.2, 0) is 13.5 Å². The number of aromatic nitrogens is 3. The summed E-state index contributed by atoms with van der Waals surface area (Å²) >= 11 is 0. The van der Waals surface area contributed by atoms with Crippen LogP contribution in [0.4, 0.5) is 17.6 Å². The molecule has 1 amide bonds. The van der Waals surface area contributed by atoms with Gasteiger partial charge in [0.05, 0.1) is 28.5 Å². The first-order valence-electron chi connectivity index (χ1n) is 10.0. The van der Waals surface area contributed by atoms with Gasteiger partial charge in [-0.05, 0) is 31.5 Å². The zero-order valence-corrected chi connectivity index (χ0v) is 17.2. The van der Waals surface area contributed by atoms with E-state index >= 15 is 0 Å². The number of benzene rings is 2. The lowest BCUT2D eigenvalue weighted by Gasteiger charge is -2.33. The van der Waals surface area contributed by atoms with Crippen LogP contribution in [-0.4, -0.2) is 32.1 Å². The maximum atomic E-state index is 14.0. The molecule has 32 heavy (non-hydrogen) atoms. The van der Waals surface area contributed by atoms with Crippen molar-refractivity contribution in [1.29, 1.82) is 0 Å². The Balaban J connectivity index is 1.53. The fourth-order valence-corrected chi connectivity index (χ4v) is 4.52. The lowest BCUT2D eigenvalue weighted by atomic mass is 9.95. The van der Waals surface area contributed by atoms with Crippen LogP contribution in [0.15, 0.2) is 36.5 Å². The fourth-order valence-electron chi connectivity index (χ4n) is 4.52. The molecule has 5 rings (SSSR count). The summed E-state index contributed by atoms with van der Waals surface area (Å²) in [5.41, 5.74) is 2.62. The predicted molar refractivity (Wildman–Crippen MR) is 110 cm³/mol. The maximum absolute atomic E-state index is 14.0. The fraction of sp³-hybridized carbons (Fsp3) is 0.217. The molecule has 3 heterocycles. The van der Waals surface area contributed by atoms with Gasteiger partial charge in [0.15, 0.2) is 17.5 Å². The van der Waals surface area contributed by atoms with Gasteiger partial charge in [0, 0.05) is 36.3 Å². The summed E-state index contributed by atoms with van der Waals surface area (Å²) < 4.78 is 56.6. The molecule has 164 valence electrons. The third-order valence-electron chi connectivity index (χ3n) is 6.06. The molecule has 9 heteroatoms. The minimum absolute atomic E-state index is 0.178. The average Bonchev–Trinajstić information content (AvgIpc) is 3.34. The summed E-state index contributed by atoms with van der Waals surface area (Å²) in [4.78, 5) is 17.8. The second-order valence-electron chi connectivity index (χ2n) is 7.88. The van der Waals surface area contributed by atoms with E-state index in [-0.39, 0.29) is 17.0 Å². The Morgan fingerprint density at radius 1 is 1.12 bits per heavy atom. The van der Waals surface area contributed by atoms with Gasteiger partial charge in [0.25, 0.3) is 5.91 Å². The molecule has 0 saturated carbocycles. The second-order valence-corrected chi connectivity index (χ2v) is 7.88. The number of aryl methyl sites for hydroxylation is 1. The Morgan fingerprint density at radius 3 is 2.56 bits per heavy atom. The molecule has 2 aromatic heterocycles. The summed E-state index contributed by atoms with van der Waals surface area (Å²) in [6, 6.07) is 6.00. The lowest BCUT2D eigenvalue weighted by Crippen LogP contribution is -2.38. The number of hydrogen-bond acceptors (Lipinski definition) is 2. The predicted octanol–water partition coefficient (Wildman–Crippen LogP) is 4.88. The molecule has 2 aromatic carbocycles. The van der Waals surface area contributed by atoms with Gasteiger partial charge in [-0.3, -0.25) is 9.48 Å². The Kier molecular flexibility index (Phi) is 4.58. The molecule has 1 atom stereocenters. The summed E-state index contributed by atoms with van der Waals surface area (Å²) in [7, 11) is 1.63. The summed E-state index contributed by atoms with van der Waals surface area (Å²) in [6.45, 7) is 2.15. The minimum atomic E-state index is -1.52. The van der Waals surface area contributed by atoms with Crippen LogP contribution < -0.4 is 0 Å². The Labute approximate surface area is 180 Å². The van der Waals surface area contributed by atoms with Crippen molar-refractivity contribution in [1.82, 2.24) is 19.7 Å². The number of hydrogen-bond donors (Lipinski definition) is 1. The highest BCUT2D eigenvalue weighted by molar-refractivity contribution is 6.07. The topological polar surface area (TPSA) is 53.9 Å². The Morgan fingerprint density at radius 2 is 1.84 bits per heavy atom. The number of para-hydroxylation sites is 1. The van der Waals surface area contributed by atoms with E-state index in [9.17, 15) is 22.4 Å². The third-order valence-corrected chi connectivity index (χ3v) is 6.06. The minimum Gasteiger partial charge on any atom is -0.358 e. The maximum Gasteiger partial charge on any atom is 0.256 e. The van der Waals surface area contributed by atoms with Gasteiger partial charge >= 0.3 is 0 Å². The van der Waals surface area contributed by atoms with Gasteiger partial charge in [0.1, 0.15) is 5.82 Å². The molecular weight excluding hydrogens is 424 g/mol. The van der Waals surface area contributed by atoms with Crippen molar-refractivity contribution < 1.29 is 22.4 Å². The molecule has 0 radical (unpaired) electrons. The molecule has 0 spiro atoms. The average molecular weight is 442 g/mol. The first-order chi connectivity index (χ1) is 15.3. The van der Waals surface area contributed by atoms with E-state index in [0.717, 1.165) is 17.7 Å². The van der Waals surface area contributed by atoms with E-state index in [1.165, 1.54) is 16.9 Å². The molecule has 5 nitrogen and oxygen atoms in total. The zero-order valence-electron chi connectivity index (χ0n) is 17.2. The second kappa shape index (κ2) is 7.22. The SMILES string of the molecule is C[C@H]1c2nn(C)c(-c3cc(F)c(F)c(F)c3)c2CCN1C(=O)c1c[nH]c2c(F)cccc12. The van der Waals surface area contributed by atoms with Crippen LogP contribution in [0.2, 0.25) is 0 Å². The van der Waals surface area contributed by atoms with Gasteiger partial charge in [0.2, 0.25) is 0 Å². The van der Waals surface area contributed by atoms with E-state index < -0.39 is 29.3 Å². The van der Waals surface area contributed by atoms with Gasteiger partial charge in [-0.1, -0.05) is 12.1 Å². The number of fused-ring (bicyclic) bond motifs is 2. The highest BCUT2D eigenvalue weighted by Gasteiger charge is 2.34. The van der Waals surface area contributed by atoms with E-state index in [1.54, 1.807) is 24.1 Å². The third kappa shape index (κ3) is 2.91. The van der Waals surface area contributed by atoms with Gasteiger partial charge in [-0.15, -0.1) is 0 Å². The van der Waals surface area contributed by atoms with Crippen molar-refractivity contribution in [2.75, 3.05) is 6.54 Å². The normalized spacial score (nSPS) is 15.9. The van der Waals surface area contributed by atoms with E-state index in [4.69, 9.17) is 0 Å². The van der Waals surface area contributed by atoms with Crippen molar-refractivity contribution in [3.63, 3.8) is 0 Å². The molecule has 1 aliphatic rings. The number of amides is 1. The summed E-state index contributed by atoms with van der Waals surface area (Å²) in [5.74, 6) is -4.79. The number of halogens is 4. The number of H-pyrrole nitrogens is 1. The molecule has 0 aliphatic carbocycles. The van der Waals surface area contributed by atoms with Crippen LogP contribution in [0.1, 0.15) is 34.6 Å². The van der Waals surface area contributed by atoms with Gasteiger partial charge < -0.3 is 9.88 Å². The molecular formula is C23H18F4N4O. The quantitative estimate of drug-likeness (QED) is 0.355. The molecule has 0 bridgehead atoms. The highest BCUT2D eigenvalue weighted by Crippen LogP contribution is 2.37. The van der Waals surface area contributed by atoms with Gasteiger partial charge in [-0.25, -0.2) is 17.6 Å². The van der Waals surface area contributed by atoms with Crippen LogP contribution in [0.5, 0.6) is 0 Å². The van der Waals surface area contributed by atoms with E-state index in [2.05, 4.69) is 10.1 Å². The van der Waals surface area contributed by atoms with Crippen LogP contribution >= 0.6 is 0 Å². The molecule has 0 unspecified atom stereocenters. The van der Waals surface area contributed by atoms with Crippen molar-refractivity contribution in [2.24, 2.45) is 7.05 Å². The smallest absolute Gasteiger partial charge is 0.256 e. The van der Waals surface area contributed by atoms with E-state index in [0.29, 0.717) is 35.3 Å². The van der Waals surface area contributed by atoms with Gasteiger partial charge in [-0.2, -0.15) is 5.10 Å². The van der Waals surface area contributed by atoms with Crippen molar-refractivity contribution in [2.45, 2.75) is 19.4 Å². The van der Waals surface area contributed by atoms with Crippen molar-refractivity contribution in [3.05, 3.63) is 76.6 Å². The number of nitrogens with zero attached hydrogens (tertiary/aromatic N) is 3. The standard InChI is InChI=1S/C23H18F4N4O/c1-11-20-14(22(30(2)29-20)12-8-17(25)19(27)18(26)9-12)6-7-31(11)23(32)15-10-28-21-13(15)4-3-5-16(21)24/h3-5,8-11,28H,6-7H2,1-2H3/t11-/m0/s1. The first kappa shape index (κ1) is 20.3. The summed E-state index contributed by atoms with van der Waals surface area (Å²) in [5, 5.41) is 4.99. The van der Waals surface area contributed by atoms with Crippen LogP contribution in [0.25, 0.3) is 22.2 Å². The molecule has 0 fully saturated rings. The molecule has 1 N–H and O–H groups in total. The van der Waals surface area contributed by atoms with Crippen LogP contribution in [0, 0.1) is 23.3 Å². The van der Waals surface area contributed by atoms with Crippen LogP contribution in [0.3, 0.4) is 0 Å². The zero-order chi connectivity index (χ0) is 22.7.